The third kappa shape index (κ3) is 2.70. The van der Waals surface area contributed by atoms with E-state index in [9.17, 15) is 4.79 Å². The van der Waals surface area contributed by atoms with Crippen molar-refractivity contribution >= 4 is 11.8 Å². The van der Waals surface area contributed by atoms with Gasteiger partial charge in [-0.25, -0.2) is 0 Å². The van der Waals surface area contributed by atoms with E-state index in [0.717, 1.165) is 12.8 Å². The van der Waals surface area contributed by atoms with Crippen molar-refractivity contribution < 1.29 is 9.90 Å². The maximum absolute atomic E-state index is 10.9. The number of unbranched alkanes of at least 4 members (excludes halogenated alkanes) is 2. The van der Waals surface area contributed by atoms with Crippen molar-refractivity contribution in [2.75, 3.05) is 0 Å². The standard InChI is InChI=1S/C11H20N2O2/c1-3-4-5-6-8-7(2)9(11(14)15)10(12)13-8/h7-9H,3-6H2,1-2H3,(H2,12,13)(H,14,15). The molecule has 4 nitrogen and oxygen atoms in total. The molecule has 4 heteroatoms. The van der Waals surface area contributed by atoms with Gasteiger partial charge in [0, 0.05) is 6.04 Å². The second-order valence-electron chi connectivity index (χ2n) is 4.34. The summed E-state index contributed by atoms with van der Waals surface area (Å²) in [7, 11) is 0. The monoisotopic (exact) mass is 212 g/mol. The number of nitrogens with one attached hydrogen (secondary N) is 2. The third-order valence-corrected chi connectivity index (χ3v) is 3.20. The summed E-state index contributed by atoms with van der Waals surface area (Å²) in [4.78, 5) is 10.9. The summed E-state index contributed by atoms with van der Waals surface area (Å²) in [6.07, 6.45) is 4.43. The van der Waals surface area contributed by atoms with Crippen LogP contribution in [0, 0.1) is 17.2 Å². The second-order valence-corrected chi connectivity index (χ2v) is 4.34. The molecule has 0 amide bonds. The summed E-state index contributed by atoms with van der Waals surface area (Å²) in [5.74, 6) is -1.29. The Balaban J connectivity index is 2.49. The topological polar surface area (TPSA) is 73.2 Å². The van der Waals surface area contributed by atoms with Crippen LogP contribution in [-0.4, -0.2) is 23.0 Å². The zero-order valence-electron chi connectivity index (χ0n) is 9.42. The van der Waals surface area contributed by atoms with Crippen LogP contribution in [0.2, 0.25) is 0 Å². The smallest absolute Gasteiger partial charge is 0.314 e. The first-order valence-corrected chi connectivity index (χ1v) is 5.65. The molecule has 0 radical (unpaired) electrons. The molecular formula is C11H20N2O2. The first-order chi connectivity index (χ1) is 7.07. The molecule has 1 aliphatic heterocycles. The van der Waals surface area contributed by atoms with Gasteiger partial charge >= 0.3 is 5.97 Å². The van der Waals surface area contributed by atoms with Crippen molar-refractivity contribution in [2.24, 2.45) is 11.8 Å². The highest BCUT2D eigenvalue weighted by atomic mass is 16.4. The molecule has 0 aromatic heterocycles. The number of aliphatic carboxylic acids is 1. The van der Waals surface area contributed by atoms with Crippen molar-refractivity contribution in [3.63, 3.8) is 0 Å². The highest BCUT2D eigenvalue weighted by molar-refractivity contribution is 6.00. The summed E-state index contributed by atoms with van der Waals surface area (Å²) >= 11 is 0. The molecule has 0 saturated carbocycles. The summed E-state index contributed by atoms with van der Waals surface area (Å²) in [6, 6.07) is 0.171. The van der Waals surface area contributed by atoms with Crippen molar-refractivity contribution in [1.29, 1.82) is 5.41 Å². The Morgan fingerprint density at radius 1 is 1.53 bits per heavy atom. The van der Waals surface area contributed by atoms with Gasteiger partial charge in [0.25, 0.3) is 0 Å². The van der Waals surface area contributed by atoms with E-state index in [1.807, 2.05) is 6.92 Å². The first kappa shape index (κ1) is 12.0. The number of carboxylic acids is 1. The Bertz CT molecular complexity index is 253. The molecule has 0 spiro atoms. The molecule has 1 saturated heterocycles. The van der Waals surface area contributed by atoms with Crippen LogP contribution in [0.15, 0.2) is 0 Å². The maximum atomic E-state index is 10.9. The Labute approximate surface area is 90.6 Å². The van der Waals surface area contributed by atoms with E-state index in [0.29, 0.717) is 0 Å². The molecular weight excluding hydrogens is 192 g/mol. The lowest BCUT2D eigenvalue weighted by Crippen LogP contribution is -2.27. The van der Waals surface area contributed by atoms with Crippen LogP contribution in [0.25, 0.3) is 0 Å². The number of hydrogen-bond acceptors (Lipinski definition) is 2. The molecule has 1 fully saturated rings. The van der Waals surface area contributed by atoms with Crippen molar-refractivity contribution in [3.8, 4) is 0 Å². The fraction of sp³-hybridized carbons (Fsp3) is 0.818. The molecule has 86 valence electrons. The van der Waals surface area contributed by atoms with Crippen LogP contribution in [-0.2, 0) is 4.79 Å². The van der Waals surface area contributed by atoms with Crippen LogP contribution < -0.4 is 5.32 Å². The lowest BCUT2D eigenvalue weighted by molar-refractivity contribution is -0.140. The molecule has 1 heterocycles. The molecule has 0 aromatic rings. The molecule has 1 aliphatic rings. The fourth-order valence-electron chi connectivity index (χ4n) is 2.21. The van der Waals surface area contributed by atoms with Gasteiger partial charge in [0.05, 0.1) is 0 Å². The number of carbonyl (C=O) groups is 1. The Kier molecular flexibility index (Phi) is 4.12. The van der Waals surface area contributed by atoms with Crippen LogP contribution in [0.1, 0.15) is 39.5 Å². The summed E-state index contributed by atoms with van der Waals surface area (Å²) < 4.78 is 0. The normalized spacial score (nSPS) is 30.3. The van der Waals surface area contributed by atoms with Gasteiger partial charge in [0.1, 0.15) is 11.8 Å². The van der Waals surface area contributed by atoms with E-state index in [2.05, 4.69) is 12.2 Å². The SMILES string of the molecule is CCCCCC1NC(=N)C(C(=O)O)C1C. The van der Waals surface area contributed by atoms with E-state index in [4.69, 9.17) is 10.5 Å². The highest BCUT2D eigenvalue weighted by Gasteiger charge is 2.40. The van der Waals surface area contributed by atoms with E-state index >= 15 is 0 Å². The second kappa shape index (κ2) is 5.14. The van der Waals surface area contributed by atoms with Gasteiger partial charge < -0.3 is 10.4 Å². The minimum atomic E-state index is -0.877. The van der Waals surface area contributed by atoms with Gasteiger partial charge in [0.2, 0.25) is 0 Å². The Morgan fingerprint density at radius 2 is 2.20 bits per heavy atom. The van der Waals surface area contributed by atoms with E-state index in [-0.39, 0.29) is 17.8 Å². The van der Waals surface area contributed by atoms with Crippen LogP contribution >= 0.6 is 0 Å². The van der Waals surface area contributed by atoms with Crippen molar-refractivity contribution in [1.82, 2.24) is 5.32 Å². The number of carboxylic acid groups (broad SMARTS) is 1. The lowest BCUT2D eigenvalue weighted by atomic mass is 9.89. The molecule has 1 rings (SSSR count). The average Bonchev–Trinajstić information content (AvgIpc) is 2.42. The summed E-state index contributed by atoms with van der Waals surface area (Å²) in [6.45, 7) is 4.07. The van der Waals surface area contributed by atoms with Crippen molar-refractivity contribution in [3.05, 3.63) is 0 Å². The molecule has 0 bridgehead atoms. The highest BCUT2D eigenvalue weighted by Crippen LogP contribution is 2.26. The fourth-order valence-corrected chi connectivity index (χ4v) is 2.21. The Hall–Kier alpha value is -1.06. The van der Waals surface area contributed by atoms with Crippen molar-refractivity contribution in [2.45, 2.75) is 45.6 Å². The molecule has 0 aliphatic carbocycles. The predicted octanol–water partition coefficient (Wildman–Crippen LogP) is 1.85. The quantitative estimate of drug-likeness (QED) is 0.609. The lowest BCUT2D eigenvalue weighted by Gasteiger charge is -2.16. The van der Waals surface area contributed by atoms with Gasteiger partial charge in [-0.1, -0.05) is 33.1 Å². The van der Waals surface area contributed by atoms with Crippen LogP contribution in [0.5, 0.6) is 0 Å². The third-order valence-electron chi connectivity index (χ3n) is 3.20. The van der Waals surface area contributed by atoms with Crippen LogP contribution in [0.3, 0.4) is 0 Å². The van der Waals surface area contributed by atoms with Gasteiger partial charge in [-0.2, -0.15) is 0 Å². The molecule has 3 atom stereocenters. The number of rotatable bonds is 5. The number of amidine groups is 1. The predicted molar refractivity (Wildman–Crippen MR) is 59.1 cm³/mol. The van der Waals surface area contributed by atoms with Gasteiger partial charge in [-0.3, -0.25) is 10.2 Å². The Morgan fingerprint density at radius 3 is 2.67 bits per heavy atom. The number of hydrogen-bond donors (Lipinski definition) is 3. The maximum Gasteiger partial charge on any atom is 0.314 e. The average molecular weight is 212 g/mol. The van der Waals surface area contributed by atoms with E-state index in [1.165, 1.54) is 12.8 Å². The molecule has 3 N–H and O–H groups in total. The molecule has 3 unspecified atom stereocenters. The van der Waals surface area contributed by atoms with E-state index < -0.39 is 11.9 Å². The first-order valence-electron chi connectivity index (χ1n) is 5.65. The van der Waals surface area contributed by atoms with Gasteiger partial charge in [-0.05, 0) is 12.3 Å². The molecule has 0 aromatic carbocycles. The molecule has 15 heavy (non-hydrogen) atoms. The van der Waals surface area contributed by atoms with Crippen LogP contribution in [0.4, 0.5) is 0 Å². The summed E-state index contributed by atoms with van der Waals surface area (Å²) in [5.41, 5.74) is 0. The summed E-state index contributed by atoms with van der Waals surface area (Å²) in [5, 5.41) is 19.5. The van der Waals surface area contributed by atoms with Gasteiger partial charge in [0.15, 0.2) is 0 Å². The van der Waals surface area contributed by atoms with E-state index in [1.54, 1.807) is 0 Å². The minimum Gasteiger partial charge on any atom is -0.481 e. The van der Waals surface area contributed by atoms with Gasteiger partial charge in [-0.15, -0.1) is 0 Å². The largest absolute Gasteiger partial charge is 0.481 e. The zero-order valence-corrected chi connectivity index (χ0v) is 9.42. The zero-order chi connectivity index (χ0) is 11.4. The minimum absolute atomic E-state index is 0.0341.